The molecule has 0 spiro atoms. The van der Waals surface area contributed by atoms with Gasteiger partial charge >= 0.3 is 0 Å². The van der Waals surface area contributed by atoms with Crippen molar-refractivity contribution >= 4 is 15.7 Å². The summed E-state index contributed by atoms with van der Waals surface area (Å²) in [5.41, 5.74) is 5.51. The highest BCUT2D eigenvalue weighted by molar-refractivity contribution is 7.89. The first-order chi connectivity index (χ1) is 7.94. The molecule has 0 bridgehead atoms. The van der Waals surface area contributed by atoms with Crippen LogP contribution in [0.4, 0.5) is 10.1 Å². The summed E-state index contributed by atoms with van der Waals surface area (Å²) in [5, 5.41) is 0. The molecule has 1 fully saturated rings. The van der Waals surface area contributed by atoms with Crippen molar-refractivity contribution in [3.05, 3.63) is 24.0 Å². The molecule has 1 aromatic carbocycles. The van der Waals surface area contributed by atoms with Gasteiger partial charge in [0.1, 0.15) is 10.7 Å². The van der Waals surface area contributed by atoms with E-state index in [-0.39, 0.29) is 11.7 Å². The van der Waals surface area contributed by atoms with Gasteiger partial charge in [-0.15, -0.1) is 0 Å². The van der Waals surface area contributed by atoms with E-state index in [1.54, 1.807) is 0 Å². The number of sulfonamides is 1. The Hall–Kier alpha value is -1.14. The summed E-state index contributed by atoms with van der Waals surface area (Å²) in [5.74, 6) is -0.795. The highest BCUT2D eigenvalue weighted by Gasteiger charge is 2.34. The van der Waals surface area contributed by atoms with Crippen LogP contribution in [0.2, 0.25) is 0 Å². The van der Waals surface area contributed by atoms with Gasteiger partial charge in [0, 0.05) is 13.1 Å². The second kappa shape index (κ2) is 4.27. The number of nitrogens with zero attached hydrogens (tertiary/aromatic N) is 1. The lowest BCUT2D eigenvalue weighted by Crippen LogP contribution is -2.41. The number of hydrogen-bond donors (Lipinski definition) is 1. The number of anilines is 1. The van der Waals surface area contributed by atoms with E-state index in [0.717, 1.165) is 25.3 Å². The van der Waals surface area contributed by atoms with Gasteiger partial charge in [-0.1, -0.05) is 12.5 Å². The Balaban J connectivity index is 2.44. The van der Waals surface area contributed by atoms with Gasteiger partial charge < -0.3 is 5.73 Å². The fourth-order valence-electron chi connectivity index (χ4n) is 1.89. The second-order valence-electron chi connectivity index (χ2n) is 4.26. The van der Waals surface area contributed by atoms with Crippen molar-refractivity contribution in [1.29, 1.82) is 0 Å². The molecule has 0 saturated heterocycles. The van der Waals surface area contributed by atoms with E-state index in [1.165, 1.54) is 23.5 Å². The van der Waals surface area contributed by atoms with Crippen LogP contribution in [-0.2, 0) is 10.0 Å². The minimum Gasteiger partial charge on any atom is -0.398 e. The molecule has 0 atom stereocenters. The van der Waals surface area contributed by atoms with Crippen LogP contribution in [0.15, 0.2) is 23.1 Å². The van der Waals surface area contributed by atoms with E-state index in [4.69, 9.17) is 5.73 Å². The number of nitrogens with two attached hydrogens (primary N) is 1. The van der Waals surface area contributed by atoms with Gasteiger partial charge in [-0.2, -0.15) is 4.31 Å². The van der Waals surface area contributed by atoms with Crippen LogP contribution in [-0.4, -0.2) is 25.8 Å². The zero-order chi connectivity index (χ0) is 12.6. The molecule has 0 heterocycles. The Morgan fingerprint density at radius 3 is 2.53 bits per heavy atom. The standard InChI is InChI=1S/C11H15FN2O2S/c1-14(8-4-2-5-8)17(15,16)11-9(12)6-3-7-10(11)13/h3,6-8H,2,4-5,13H2,1H3. The van der Waals surface area contributed by atoms with E-state index in [1.807, 2.05) is 0 Å². The summed E-state index contributed by atoms with van der Waals surface area (Å²) in [7, 11) is -2.35. The van der Waals surface area contributed by atoms with Crippen LogP contribution in [0.5, 0.6) is 0 Å². The highest BCUT2D eigenvalue weighted by atomic mass is 32.2. The van der Waals surface area contributed by atoms with Crippen molar-refractivity contribution in [2.24, 2.45) is 0 Å². The maximum Gasteiger partial charge on any atom is 0.248 e. The molecular weight excluding hydrogens is 243 g/mol. The normalized spacial score (nSPS) is 17.1. The molecule has 1 aliphatic carbocycles. The average Bonchev–Trinajstić information content (AvgIpc) is 2.13. The Morgan fingerprint density at radius 1 is 1.41 bits per heavy atom. The maximum absolute atomic E-state index is 13.6. The van der Waals surface area contributed by atoms with E-state index >= 15 is 0 Å². The number of halogens is 1. The van der Waals surface area contributed by atoms with Crippen molar-refractivity contribution in [1.82, 2.24) is 4.31 Å². The van der Waals surface area contributed by atoms with Gasteiger partial charge in [0.15, 0.2) is 0 Å². The topological polar surface area (TPSA) is 63.4 Å². The lowest BCUT2D eigenvalue weighted by atomic mass is 9.94. The first-order valence-corrected chi connectivity index (χ1v) is 6.90. The monoisotopic (exact) mass is 258 g/mol. The van der Waals surface area contributed by atoms with Crippen molar-refractivity contribution in [2.75, 3.05) is 12.8 Å². The van der Waals surface area contributed by atoms with Crippen molar-refractivity contribution in [3.63, 3.8) is 0 Å². The minimum atomic E-state index is -3.83. The van der Waals surface area contributed by atoms with Gasteiger partial charge in [0.05, 0.1) is 5.69 Å². The Bertz CT molecular complexity index is 506. The molecule has 0 aliphatic heterocycles. The molecule has 94 valence electrons. The molecule has 17 heavy (non-hydrogen) atoms. The summed E-state index contributed by atoms with van der Waals surface area (Å²) < 4.78 is 39.3. The molecule has 0 radical (unpaired) electrons. The van der Waals surface area contributed by atoms with Crippen molar-refractivity contribution < 1.29 is 12.8 Å². The lowest BCUT2D eigenvalue weighted by molar-refractivity contribution is 0.249. The third-order valence-corrected chi connectivity index (χ3v) is 5.23. The Kier molecular flexibility index (Phi) is 3.09. The first-order valence-electron chi connectivity index (χ1n) is 5.46. The number of rotatable bonds is 3. The predicted octanol–water partition coefficient (Wildman–Crippen LogP) is 1.58. The largest absolute Gasteiger partial charge is 0.398 e. The predicted molar refractivity (Wildman–Crippen MR) is 63.4 cm³/mol. The first kappa shape index (κ1) is 12.3. The summed E-state index contributed by atoms with van der Waals surface area (Å²) >= 11 is 0. The summed E-state index contributed by atoms with van der Waals surface area (Å²) in [6.45, 7) is 0. The number of hydrogen-bond acceptors (Lipinski definition) is 3. The second-order valence-corrected chi connectivity index (χ2v) is 6.20. The molecule has 1 saturated carbocycles. The SMILES string of the molecule is CN(C1CCC1)S(=O)(=O)c1c(N)cccc1F. The van der Waals surface area contributed by atoms with Gasteiger partial charge in [0.25, 0.3) is 0 Å². The smallest absolute Gasteiger partial charge is 0.248 e. The molecule has 1 aliphatic rings. The molecular formula is C11H15FN2O2S. The molecule has 6 heteroatoms. The molecule has 1 aromatic rings. The van der Waals surface area contributed by atoms with Crippen LogP contribution in [0.1, 0.15) is 19.3 Å². The van der Waals surface area contributed by atoms with E-state index in [2.05, 4.69) is 0 Å². The van der Waals surface area contributed by atoms with E-state index in [9.17, 15) is 12.8 Å². The van der Waals surface area contributed by atoms with Gasteiger partial charge in [0.2, 0.25) is 10.0 Å². The van der Waals surface area contributed by atoms with E-state index < -0.39 is 20.7 Å². The van der Waals surface area contributed by atoms with Gasteiger partial charge in [-0.25, -0.2) is 12.8 Å². The van der Waals surface area contributed by atoms with Crippen LogP contribution >= 0.6 is 0 Å². The molecule has 0 aromatic heterocycles. The van der Waals surface area contributed by atoms with Crippen LogP contribution in [0.3, 0.4) is 0 Å². The zero-order valence-corrected chi connectivity index (χ0v) is 10.4. The molecule has 2 rings (SSSR count). The lowest BCUT2D eigenvalue weighted by Gasteiger charge is -2.34. The third kappa shape index (κ3) is 2.02. The molecule has 2 N–H and O–H groups in total. The van der Waals surface area contributed by atoms with E-state index in [0.29, 0.717) is 0 Å². The third-order valence-electron chi connectivity index (χ3n) is 3.22. The maximum atomic E-state index is 13.6. The summed E-state index contributed by atoms with van der Waals surface area (Å²) in [6.07, 6.45) is 2.66. The van der Waals surface area contributed by atoms with Gasteiger partial charge in [-0.3, -0.25) is 0 Å². The fourth-order valence-corrected chi connectivity index (χ4v) is 3.46. The molecule has 0 amide bonds. The number of nitrogen functional groups attached to an aromatic ring is 1. The quantitative estimate of drug-likeness (QED) is 0.837. The van der Waals surface area contributed by atoms with Gasteiger partial charge in [-0.05, 0) is 25.0 Å². The van der Waals surface area contributed by atoms with Crippen molar-refractivity contribution in [3.8, 4) is 0 Å². The summed E-state index contributed by atoms with van der Waals surface area (Å²) in [4.78, 5) is -0.408. The molecule has 4 nitrogen and oxygen atoms in total. The highest BCUT2D eigenvalue weighted by Crippen LogP contribution is 2.31. The summed E-state index contributed by atoms with van der Waals surface area (Å²) in [6, 6.07) is 3.87. The average molecular weight is 258 g/mol. The van der Waals surface area contributed by atoms with Crippen LogP contribution in [0.25, 0.3) is 0 Å². The zero-order valence-electron chi connectivity index (χ0n) is 9.56. The Labute approximate surface area is 100 Å². The van der Waals surface area contributed by atoms with Crippen LogP contribution in [0, 0.1) is 5.82 Å². The minimum absolute atomic E-state index is 0.0287. The molecule has 0 unspecified atom stereocenters. The Morgan fingerprint density at radius 2 is 2.06 bits per heavy atom. The fraction of sp³-hybridized carbons (Fsp3) is 0.455. The number of benzene rings is 1. The van der Waals surface area contributed by atoms with Crippen molar-refractivity contribution in [2.45, 2.75) is 30.2 Å². The van der Waals surface area contributed by atoms with Crippen LogP contribution < -0.4 is 5.73 Å².